The molecule has 0 aliphatic heterocycles. The highest BCUT2D eigenvalue weighted by atomic mass is 16.3. The van der Waals surface area contributed by atoms with E-state index in [-0.39, 0.29) is 11.8 Å². The van der Waals surface area contributed by atoms with Gasteiger partial charge in [-0.3, -0.25) is 0 Å². The Hall–Kier alpha value is -1.75. The first-order valence-corrected chi connectivity index (χ1v) is 6.22. The number of urea groups is 1. The van der Waals surface area contributed by atoms with E-state index < -0.39 is 0 Å². The van der Waals surface area contributed by atoms with E-state index in [1.165, 1.54) is 6.07 Å². The van der Waals surface area contributed by atoms with Crippen LogP contribution in [0.1, 0.15) is 13.8 Å². The molecule has 3 N–H and O–H groups in total. The minimum Gasteiger partial charge on any atom is -0.508 e. The van der Waals surface area contributed by atoms with Gasteiger partial charge in [-0.15, -0.1) is 0 Å². The number of aromatic hydroxyl groups is 1. The number of carbonyl (C=O) groups is 1. The van der Waals surface area contributed by atoms with E-state index in [1.54, 1.807) is 18.2 Å². The third kappa shape index (κ3) is 5.05. The van der Waals surface area contributed by atoms with Crippen molar-refractivity contribution in [3.05, 3.63) is 24.3 Å². The molecule has 0 heterocycles. The van der Waals surface area contributed by atoms with Crippen LogP contribution < -0.4 is 10.6 Å². The Morgan fingerprint density at radius 1 is 1.33 bits per heavy atom. The summed E-state index contributed by atoms with van der Waals surface area (Å²) in [6.45, 7) is 7.58. The SMILES string of the molecule is CCN(CC)CCNC(=O)Nc1cccc(O)c1. The molecule has 0 unspecified atom stereocenters. The van der Waals surface area contributed by atoms with Gasteiger partial charge in [-0.1, -0.05) is 19.9 Å². The summed E-state index contributed by atoms with van der Waals surface area (Å²) in [6.07, 6.45) is 0. The van der Waals surface area contributed by atoms with Gasteiger partial charge in [0.05, 0.1) is 0 Å². The summed E-state index contributed by atoms with van der Waals surface area (Å²) in [5, 5.41) is 14.7. The number of hydrogen-bond acceptors (Lipinski definition) is 3. The summed E-state index contributed by atoms with van der Waals surface area (Å²) in [5.74, 6) is 0.135. The van der Waals surface area contributed by atoms with Crippen molar-refractivity contribution in [1.29, 1.82) is 0 Å². The van der Waals surface area contributed by atoms with Crippen LogP contribution in [0.15, 0.2) is 24.3 Å². The second-order valence-corrected chi connectivity index (χ2v) is 3.96. The molecule has 5 nitrogen and oxygen atoms in total. The van der Waals surface area contributed by atoms with Gasteiger partial charge >= 0.3 is 6.03 Å². The third-order valence-corrected chi connectivity index (χ3v) is 2.71. The Morgan fingerprint density at radius 2 is 2.06 bits per heavy atom. The number of nitrogens with zero attached hydrogens (tertiary/aromatic N) is 1. The lowest BCUT2D eigenvalue weighted by Crippen LogP contribution is -2.36. The van der Waals surface area contributed by atoms with Crippen LogP contribution in [0.25, 0.3) is 0 Å². The van der Waals surface area contributed by atoms with Crippen molar-refractivity contribution in [3.8, 4) is 5.75 Å². The zero-order valence-electron chi connectivity index (χ0n) is 10.9. The molecule has 1 aromatic carbocycles. The van der Waals surface area contributed by atoms with Crippen molar-refractivity contribution in [3.63, 3.8) is 0 Å². The standard InChI is InChI=1S/C13H21N3O2/c1-3-16(4-2)9-8-14-13(18)15-11-6-5-7-12(17)10-11/h5-7,10,17H,3-4,8-9H2,1-2H3,(H2,14,15,18). The average Bonchev–Trinajstić information content (AvgIpc) is 2.34. The second kappa shape index (κ2) is 7.55. The zero-order valence-corrected chi connectivity index (χ0v) is 10.9. The first-order chi connectivity index (χ1) is 8.65. The van der Waals surface area contributed by atoms with Crippen LogP contribution in [-0.2, 0) is 0 Å². The highest BCUT2D eigenvalue weighted by molar-refractivity contribution is 5.89. The summed E-state index contributed by atoms with van der Waals surface area (Å²) < 4.78 is 0. The fraction of sp³-hybridized carbons (Fsp3) is 0.462. The van der Waals surface area contributed by atoms with Gasteiger partial charge in [0.15, 0.2) is 0 Å². The highest BCUT2D eigenvalue weighted by Crippen LogP contribution is 2.14. The number of rotatable bonds is 6. The van der Waals surface area contributed by atoms with Crippen LogP contribution in [0.3, 0.4) is 0 Å². The molecule has 0 aromatic heterocycles. The van der Waals surface area contributed by atoms with E-state index >= 15 is 0 Å². The topological polar surface area (TPSA) is 64.6 Å². The molecule has 0 aliphatic rings. The fourth-order valence-corrected chi connectivity index (χ4v) is 1.63. The average molecular weight is 251 g/mol. The first-order valence-electron chi connectivity index (χ1n) is 6.22. The smallest absolute Gasteiger partial charge is 0.319 e. The zero-order chi connectivity index (χ0) is 13.4. The molecule has 0 saturated heterocycles. The summed E-state index contributed by atoms with van der Waals surface area (Å²) in [5.41, 5.74) is 0.579. The van der Waals surface area contributed by atoms with Crippen molar-refractivity contribution < 1.29 is 9.90 Å². The first kappa shape index (κ1) is 14.3. The van der Waals surface area contributed by atoms with E-state index in [1.807, 2.05) is 0 Å². The molecule has 1 aromatic rings. The number of carbonyl (C=O) groups excluding carboxylic acids is 1. The van der Waals surface area contributed by atoms with Gasteiger partial charge < -0.3 is 20.6 Å². The van der Waals surface area contributed by atoms with Crippen LogP contribution in [0.4, 0.5) is 10.5 Å². The van der Waals surface area contributed by atoms with Gasteiger partial charge in [-0.05, 0) is 25.2 Å². The van der Waals surface area contributed by atoms with E-state index in [2.05, 4.69) is 29.4 Å². The molecule has 1 rings (SSSR count). The molecule has 0 radical (unpaired) electrons. The largest absolute Gasteiger partial charge is 0.508 e. The lowest BCUT2D eigenvalue weighted by atomic mass is 10.3. The number of amides is 2. The Kier molecular flexibility index (Phi) is 6.00. The lowest BCUT2D eigenvalue weighted by Gasteiger charge is -2.18. The van der Waals surface area contributed by atoms with Crippen molar-refractivity contribution in [1.82, 2.24) is 10.2 Å². The van der Waals surface area contributed by atoms with Crippen LogP contribution in [0.5, 0.6) is 5.75 Å². The van der Waals surface area contributed by atoms with Crippen LogP contribution in [-0.4, -0.2) is 42.2 Å². The van der Waals surface area contributed by atoms with E-state index in [9.17, 15) is 9.90 Å². The minimum absolute atomic E-state index is 0.135. The Morgan fingerprint density at radius 3 is 2.67 bits per heavy atom. The molecule has 0 saturated carbocycles. The molecular weight excluding hydrogens is 230 g/mol. The van der Waals surface area contributed by atoms with Gasteiger partial charge in [-0.2, -0.15) is 0 Å². The predicted octanol–water partition coefficient (Wildman–Crippen LogP) is 1.86. The maximum absolute atomic E-state index is 11.6. The summed E-state index contributed by atoms with van der Waals surface area (Å²) in [4.78, 5) is 13.8. The van der Waals surface area contributed by atoms with Gasteiger partial charge in [0.2, 0.25) is 0 Å². The fourth-order valence-electron chi connectivity index (χ4n) is 1.63. The van der Waals surface area contributed by atoms with E-state index in [4.69, 9.17) is 0 Å². The van der Waals surface area contributed by atoms with Crippen LogP contribution in [0, 0.1) is 0 Å². The predicted molar refractivity (Wildman–Crippen MR) is 72.9 cm³/mol. The van der Waals surface area contributed by atoms with Gasteiger partial charge in [0.25, 0.3) is 0 Å². The maximum atomic E-state index is 11.6. The molecule has 100 valence electrons. The van der Waals surface area contributed by atoms with Crippen molar-refractivity contribution in [2.45, 2.75) is 13.8 Å². The Labute approximate surface area is 108 Å². The molecule has 0 atom stereocenters. The monoisotopic (exact) mass is 251 g/mol. The highest BCUT2D eigenvalue weighted by Gasteiger charge is 2.03. The maximum Gasteiger partial charge on any atom is 0.319 e. The molecule has 0 fully saturated rings. The Bertz CT molecular complexity index is 378. The summed E-state index contributed by atoms with van der Waals surface area (Å²) in [6, 6.07) is 6.21. The number of nitrogens with one attached hydrogen (secondary N) is 2. The van der Waals surface area contributed by atoms with Crippen LogP contribution in [0.2, 0.25) is 0 Å². The quantitative estimate of drug-likeness (QED) is 0.723. The number of hydrogen-bond donors (Lipinski definition) is 3. The van der Waals surface area contributed by atoms with Crippen LogP contribution >= 0.6 is 0 Å². The van der Waals surface area contributed by atoms with Crippen molar-refractivity contribution in [2.75, 3.05) is 31.5 Å². The number of anilines is 1. The number of benzene rings is 1. The molecular formula is C13H21N3O2. The second-order valence-electron chi connectivity index (χ2n) is 3.96. The van der Waals surface area contributed by atoms with Gasteiger partial charge in [0.1, 0.15) is 5.75 Å². The normalized spacial score (nSPS) is 10.4. The molecule has 5 heteroatoms. The summed E-state index contributed by atoms with van der Waals surface area (Å²) >= 11 is 0. The van der Waals surface area contributed by atoms with Crippen molar-refractivity contribution >= 4 is 11.7 Å². The van der Waals surface area contributed by atoms with E-state index in [0.29, 0.717) is 12.2 Å². The molecule has 0 bridgehead atoms. The Balaban J connectivity index is 2.29. The number of phenols is 1. The molecule has 0 spiro atoms. The van der Waals surface area contributed by atoms with Crippen molar-refractivity contribution in [2.24, 2.45) is 0 Å². The lowest BCUT2D eigenvalue weighted by molar-refractivity contribution is 0.248. The number of phenolic OH excluding ortho intramolecular Hbond substituents is 1. The van der Waals surface area contributed by atoms with E-state index in [0.717, 1.165) is 19.6 Å². The summed E-state index contributed by atoms with van der Waals surface area (Å²) in [7, 11) is 0. The molecule has 18 heavy (non-hydrogen) atoms. The molecule has 2 amide bonds. The number of likely N-dealkylation sites (N-methyl/N-ethyl adjacent to an activating group) is 1. The minimum atomic E-state index is -0.257. The third-order valence-electron chi connectivity index (χ3n) is 2.71. The molecule has 0 aliphatic carbocycles. The van der Waals surface area contributed by atoms with Gasteiger partial charge in [0, 0.05) is 24.8 Å². The van der Waals surface area contributed by atoms with Gasteiger partial charge in [-0.25, -0.2) is 4.79 Å².